The van der Waals surface area contributed by atoms with Crippen LogP contribution in [0.5, 0.6) is 17.2 Å². The Labute approximate surface area is 122 Å². The lowest BCUT2D eigenvalue weighted by atomic mass is 9.90. The highest BCUT2D eigenvalue weighted by molar-refractivity contribution is 5.56. The predicted molar refractivity (Wildman–Crippen MR) is 82.0 cm³/mol. The zero-order valence-electron chi connectivity index (χ0n) is 13.4. The van der Waals surface area contributed by atoms with Crippen LogP contribution < -0.4 is 19.5 Å². The highest BCUT2D eigenvalue weighted by Crippen LogP contribution is 2.43. The molecular weight excluding hydrogens is 254 g/mol. The van der Waals surface area contributed by atoms with E-state index in [0.29, 0.717) is 17.4 Å². The van der Waals surface area contributed by atoms with Crippen LogP contribution in [0, 0.1) is 5.92 Å². The van der Waals surface area contributed by atoms with Crippen molar-refractivity contribution in [2.75, 3.05) is 28.4 Å². The molecule has 20 heavy (non-hydrogen) atoms. The molecule has 0 heterocycles. The molecule has 0 saturated carbocycles. The first-order valence-corrected chi connectivity index (χ1v) is 7.10. The average Bonchev–Trinajstić information content (AvgIpc) is 2.47. The third-order valence-corrected chi connectivity index (χ3v) is 3.69. The van der Waals surface area contributed by atoms with Gasteiger partial charge in [-0.25, -0.2) is 0 Å². The second-order valence-electron chi connectivity index (χ2n) is 4.96. The van der Waals surface area contributed by atoms with Crippen molar-refractivity contribution < 1.29 is 14.2 Å². The summed E-state index contributed by atoms with van der Waals surface area (Å²) in [7, 11) is 6.91. The summed E-state index contributed by atoms with van der Waals surface area (Å²) in [4.78, 5) is 0. The molecule has 0 amide bonds. The van der Waals surface area contributed by atoms with Crippen molar-refractivity contribution in [2.24, 2.45) is 5.92 Å². The largest absolute Gasteiger partial charge is 0.493 e. The van der Waals surface area contributed by atoms with Gasteiger partial charge in [0.15, 0.2) is 11.5 Å². The summed E-state index contributed by atoms with van der Waals surface area (Å²) in [5.41, 5.74) is 1.11. The molecule has 4 heteroatoms. The zero-order chi connectivity index (χ0) is 15.1. The summed E-state index contributed by atoms with van der Waals surface area (Å²) in [6, 6.07) is 4.21. The van der Waals surface area contributed by atoms with Gasteiger partial charge < -0.3 is 19.5 Å². The van der Waals surface area contributed by atoms with Crippen molar-refractivity contribution in [2.45, 2.75) is 32.7 Å². The maximum absolute atomic E-state index is 5.58. The highest BCUT2D eigenvalue weighted by atomic mass is 16.5. The molecule has 0 bridgehead atoms. The van der Waals surface area contributed by atoms with Gasteiger partial charge in [-0.3, -0.25) is 0 Å². The summed E-state index contributed by atoms with van der Waals surface area (Å²) in [6.45, 7) is 4.45. The molecule has 1 aromatic rings. The third-order valence-electron chi connectivity index (χ3n) is 3.69. The van der Waals surface area contributed by atoms with Crippen molar-refractivity contribution in [3.8, 4) is 17.2 Å². The summed E-state index contributed by atoms with van der Waals surface area (Å²) in [5.74, 6) is 2.59. The van der Waals surface area contributed by atoms with Crippen molar-refractivity contribution in [3.63, 3.8) is 0 Å². The molecule has 0 aliphatic heterocycles. The molecule has 0 aromatic heterocycles. The second-order valence-corrected chi connectivity index (χ2v) is 4.96. The van der Waals surface area contributed by atoms with E-state index in [1.807, 2.05) is 19.2 Å². The molecule has 114 valence electrons. The summed E-state index contributed by atoms with van der Waals surface area (Å²) in [5, 5.41) is 3.39. The Kier molecular flexibility index (Phi) is 6.65. The minimum absolute atomic E-state index is 0.227. The van der Waals surface area contributed by atoms with Gasteiger partial charge >= 0.3 is 0 Å². The number of hydrogen-bond donors (Lipinski definition) is 1. The lowest BCUT2D eigenvalue weighted by Crippen LogP contribution is -2.24. The smallest absolute Gasteiger partial charge is 0.203 e. The minimum atomic E-state index is 0.227. The fraction of sp³-hybridized carbons (Fsp3) is 0.625. The molecule has 0 aliphatic rings. The van der Waals surface area contributed by atoms with Gasteiger partial charge in [0.2, 0.25) is 5.75 Å². The number of ether oxygens (including phenoxy) is 3. The van der Waals surface area contributed by atoms with Crippen LogP contribution in [-0.4, -0.2) is 28.4 Å². The molecule has 0 fully saturated rings. The fourth-order valence-electron chi connectivity index (χ4n) is 2.74. The topological polar surface area (TPSA) is 39.7 Å². The van der Waals surface area contributed by atoms with Crippen LogP contribution >= 0.6 is 0 Å². The molecular formula is C16H27NO3. The van der Waals surface area contributed by atoms with Gasteiger partial charge in [-0.15, -0.1) is 0 Å². The van der Waals surface area contributed by atoms with Crippen LogP contribution in [0.4, 0.5) is 0 Å². The Hall–Kier alpha value is -1.42. The van der Waals surface area contributed by atoms with Crippen LogP contribution in [0.15, 0.2) is 12.1 Å². The van der Waals surface area contributed by atoms with E-state index < -0.39 is 0 Å². The van der Waals surface area contributed by atoms with E-state index in [0.717, 1.165) is 24.2 Å². The van der Waals surface area contributed by atoms with Crippen molar-refractivity contribution in [1.82, 2.24) is 5.32 Å². The van der Waals surface area contributed by atoms with E-state index in [9.17, 15) is 0 Å². The van der Waals surface area contributed by atoms with Crippen LogP contribution in [0.3, 0.4) is 0 Å². The number of methoxy groups -OCH3 is 3. The van der Waals surface area contributed by atoms with E-state index >= 15 is 0 Å². The van der Waals surface area contributed by atoms with Crippen LogP contribution in [-0.2, 0) is 0 Å². The molecule has 4 nitrogen and oxygen atoms in total. The van der Waals surface area contributed by atoms with Gasteiger partial charge in [0.25, 0.3) is 0 Å². The lowest BCUT2D eigenvalue weighted by molar-refractivity contribution is 0.311. The molecule has 0 saturated heterocycles. The van der Waals surface area contributed by atoms with Crippen LogP contribution in [0.2, 0.25) is 0 Å². The first-order chi connectivity index (χ1) is 9.64. The Morgan fingerprint density at radius 3 is 2.15 bits per heavy atom. The molecule has 0 radical (unpaired) electrons. The standard InChI is InChI=1S/C16H27NO3/c1-7-8-11(2)14(17-3)12-9-10-13(18-4)16(20-6)15(12)19-5/h9-11,14,17H,7-8H2,1-6H3. The second kappa shape index (κ2) is 8.00. The molecule has 1 aromatic carbocycles. The van der Waals surface area contributed by atoms with Crippen molar-refractivity contribution >= 4 is 0 Å². The van der Waals surface area contributed by atoms with E-state index in [1.54, 1.807) is 21.3 Å². The van der Waals surface area contributed by atoms with E-state index in [-0.39, 0.29) is 6.04 Å². The predicted octanol–water partition coefficient (Wildman–Crippen LogP) is 3.41. The van der Waals surface area contributed by atoms with E-state index in [2.05, 4.69) is 19.2 Å². The van der Waals surface area contributed by atoms with Crippen LogP contribution in [0.25, 0.3) is 0 Å². The Balaban J connectivity index is 3.28. The summed E-state index contributed by atoms with van der Waals surface area (Å²) in [6.07, 6.45) is 2.32. The van der Waals surface area contributed by atoms with Gasteiger partial charge in [0, 0.05) is 11.6 Å². The quantitative estimate of drug-likeness (QED) is 0.792. The maximum Gasteiger partial charge on any atom is 0.203 e. The number of nitrogens with one attached hydrogen (secondary N) is 1. The first-order valence-electron chi connectivity index (χ1n) is 7.10. The van der Waals surface area contributed by atoms with Crippen molar-refractivity contribution in [1.29, 1.82) is 0 Å². The Morgan fingerprint density at radius 1 is 1.05 bits per heavy atom. The molecule has 1 rings (SSSR count). The normalized spacial score (nSPS) is 13.7. The van der Waals surface area contributed by atoms with E-state index in [4.69, 9.17) is 14.2 Å². The molecule has 0 spiro atoms. The van der Waals surface area contributed by atoms with Crippen molar-refractivity contribution in [3.05, 3.63) is 17.7 Å². The number of rotatable bonds is 8. The SMILES string of the molecule is CCCC(C)C(NC)c1ccc(OC)c(OC)c1OC. The Bertz CT molecular complexity index is 420. The molecule has 1 N–H and O–H groups in total. The first kappa shape index (κ1) is 16.6. The monoisotopic (exact) mass is 281 g/mol. The number of benzene rings is 1. The molecule has 0 aliphatic carbocycles. The highest BCUT2D eigenvalue weighted by Gasteiger charge is 2.24. The summed E-state index contributed by atoms with van der Waals surface area (Å²) >= 11 is 0. The van der Waals surface area contributed by atoms with Gasteiger partial charge in [-0.2, -0.15) is 0 Å². The average molecular weight is 281 g/mol. The lowest BCUT2D eigenvalue weighted by Gasteiger charge is -2.26. The Morgan fingerprint density at radius 2 is 1.70 bits per heavy atom. The number of hydrogen-bond acceptors (Lipinski definition) is 4. The fourth-order valence-corrected chi connectivity index (χ4v) is 2.74. The maximum atomic E-state index is 5.58. The zero-order valence-corrected chi connectivity index (χ0v) is 13.4. The van der Waals surface area contributed by atoms with Gasteiger partial charge in [0.05, 0.1) is 21.3 Å². The minimum Gasteiger partial charge on any atom is -0.493 e. The van der Waals surface area contributed by atoms with E-state index in [1.165, 1.54) is 0 Å². The molecule has 2 atom stereocenters. The van der Waals surface area contributed by atoms with Gasteiger partial charge in [0.1, 0.15) is 0 Å². The third kappa shape index (κ3) is 3.37. The van der Waals surface area contributed by atoms with Crippen LogP contribution in [0.1, 0.15) is 38.3 Å². The summed E-state index contributed by atoms with van der Waals surface area (Å²) < 4.78 is 16.4. The van der Waals surface area contributed by atoms with Gasteiger partial charge in [-0.05, 0) is 31.5 Å². The van der Waals surface area contributed by atoms with Gasteiger partial charge in [-0.1, -0.05) is 20.3 Å². The molecule has 2 unspecified atom stereocenters.